The molecule has 1 aromatic heterocycles. The van der Waals surface area contributed by atoms with Crippen LogP contribution in [0, 0.1) is 0 Å². The highest BCUT2D eigenvalue weighted by atomic mass is 16.5. The van der Waals surface area contributed by atoms with Crippen molar-refractivity contribution in [3.63, 3.8) is 0 Å². The van der Waals surface area contributed by atoms with E-state index in [-0.39, 0.29) is 24.6 Å². The minimum Gasteiger partial charge on any atom is -0.466 e. The van der Waals surface area contributed by atoms with Crippen molar-refractivity contribution in [2.45, 2.75) is 265 Å². The summed E-state index contributed by atoms with van der Waals surface area (Å²) in [5, 5.41) is 13.7. The average molecular weight is 818 g/mol. The molecular weight excluding hydrogens is 723 g/mol. The number of carbonyl (C=O) groups is 2. The first kappa shape index (κ1) is 54.1. The van der Waals surface area contributed by atoms with E-state index in [1.165, 1.54) is 147 Å². The number of aromatic nitrogens is 2. The Labute approximate surface area is 358 Å². The van der Waals surface area contributed by atoms with Gasteiger partial charge in [-0.2, -0.15) is 5.10 Å². The predicted octanol–water partition coefficient (Wildman–Crippen LogP) is 13.8. The van der Waals surface area contributed by atoms with Crippen LogP contribution >= 0.6 is 0 Å². The Morgan fingerprint density at radius 2 is 1.02 bits per heavy atom. The molecule has 1 aromatic rings. The van der Waals surface area contributed by atoms with Crippen molar-refractivity contribution in [3.05, 3.63) is 18.0 Å². The summed E-state index contributed by atoms with van der Waals surface area (Å²) in [4.78, 5) is 27.6. The van der Waals surface area contributed by atoms with E-state index in [1.54, 1.807) is 0 Å². The number of ether oxygens (including phenoxy) is 2. The van der Waals surface area contributed by atoms with Gasteiger partial charge in [-0.3, -0.25) is 19.2 Å². The third-order valence-corrected chi connectivity index (χ3v) is 11.7. The zero-order valence-electron chi connectivity index (χ0n) is 38.6. The normalized spacial score (nSPS) is 11.6. The number of unbranched alkanes of at least 4 members (excludes halogenated alkanes) is 26. The van der Waals surface area contributed by atoms with Crippen molar-refractivity contribution in [1.82, 2.24) is 14.7 Å². The van der Waals surface area contributed by atoms with Crippen molar-refractivity contribution in [2.75, 3.05) is 26.3 Å². The first-order valence-corrected chi connectivity index (χ1v) is 25.2. The number of nitrogens with zero attached hydrogens (tertiary/aromatic N) is 3. The highest BCUT2D eigenvalue weighted by molar-refractivity contribution is 5.69. The standard InChI is InChI=1S/C50H95N3O5/c1-4-7-10-13-16-17-18-27-34-43-57-49(55)37-30-23-19-25-32-39-52(45-47-44-51-53(46-47)41-42-54)40-33-26-20-24-31-38-50(56)58-48(35-28-21-14-11-8-5-2)36-29-22-15-12-9-6-3/h44,46,48,54H,4-43,45H2,1-3H3. The van der Waals surface area contributed by atoms with Gasteiger partial charge in [0.1, 0.15) is 6.10 Å². The molecule has 1 heterocycles. The lowest BCUT2D eigenvalue weighted by atomic mass is 10.0. The summed E-state index contributed by atoms with van der Waals surface area (Å²) in [6, 6.07) is 0. The highest BCUT2D eigenvalue weighted by Gasteiger charge is 2.15. The molecule has 0 radical (unpaired) electrons. The topological polar surface area (TPSA) is 93.9 Å². The highest BCUT2D eigenvalue weighted by Crippen LogP contribution is 2.19. The van der Waals surface area contributed by atoms with Crippen LogP contribution in [-0.2, 0) is 32.2 Å². The van der Waals surface area contributed by atoms with Crippen LogP contribution in [0.1, 0.15) is 251 Å². The lowest BCUT2D eigenvalue weighted by molar-refractivity contribution is -0.150. The summed E-state index contributed by atoms with van der Waals surface area (Å²) in [5.41, 5.74) is 1.19. The minimum atomic E-state index is -0.0290. The van der Waals surface area contributed by atoms with E-state index in [1.807, 2.05) is 10.9 Å². The van der Waals surface area contributed by atoms with Gasteiger partial charge in [0, 0.05) is 31.1 Å². The second-order valence-electron chi connectivity index (χ2n) is 17.4. The van der Waals surface area contributed by atoms with Crippen LogP contribution in [0.3, 0.4) is 0 Å². The van der Waals surface area contributed by atoms with Crippen LogP contribution in [0.5, 0.6) is 0 Å². The van der Waals surface area contributed by atoms with E-state index in [2.05, 4.69) is 37.0 Å². The first-order valence-electron chi connectivity index (χ1n) is 25.2. The Balaban J connectivity index is 2.29. The molecule has 0 spiro atoms. The number of aliphatic hydroxyl groups is 1. The van der Waals surface area contributed by atoms with Gasteiger partial charge in [-0.05, 0) is 70.9 Å². The van der Waals surface area contributed by atoms with Crippen molar-refractivity contribution in [1.29, 1.82) is 0 Å². The predicted molar refractivity (Wildman–Crippen MR) is 244 cm³/mol. The van der Waals surface area contributed by atoms with Crippen molar-refractivity contribution < 1.29 is 24.2 Å². The number of esters is 2. The van der Waals surface area contributed by atoms with Gasteiger partial charge in [-0.1, -0.05) is 175 Å². The molecule has 8 heteroatoms. The van der Waals surface area contributed by atoms with Gasteiger partial charge in [0.25, 0.3) is 0 Å². The van der Waals surface area contributed by atoms with Gasteiger partial charge in [0.05, 0.1) is 26.0 Å². The summed E-state index contributed by atoms with van der Waals surface area (Å²) < 4.78 is 13.4. The van der Waals surface area contributed by atoms with Gasteiger partial charge in [-0.15, -0.1) is 0 Å². The molecular formula is C50H95N3O5. The zero-order chi connectivity index (χ0) is 42.0. The van der Waals surface area contributed by atoms with Crippen LogP contribution < -0.4 is 0 Å². The SMILES string of the molecule is CCCCCCCCCCCOC(=O)CCCCCCCN(CCCCCCCC(=O)OC(CCCCCCCC)CCCCCCCC)Cc1cnn(CCO)c1. The number of carbonyl (C=O) groups excluding carboxylic acids is 2. The molecule has 58 heavy (non-hydrogen) atoms. The Morgan fingerprint density at radius 1 is 0.586 bits per heavy atom. The maximum atomic E-state index is 12.8. The molecule has 0 unspecified atom stereocenters. The second kappa shape index (κ2) is 41.8. The quantitative estimate of drug-likeness (QED) is 0.0517. The molecule has 0 saturated carbocycles. The van der Waals surface area contributed by atoms with Gasteiger partial charge in [0.15, 0.2) is 0 Å². The van der Waals surface area contributed by atoms with E-state index in [0.717, 1.165) is 90.3 Å². The lowest BCUT2D eigenvalue weighted by Gasteiger charge is -2.22. The molecule has 8 nitrogen and oxygen atoms in total. The molecule has 0 aromatic carbocycles. The average Bonchev–Trinajstić information content (AvgIpc) is 3.66. The zero-order valence-corrected chi connectivity index (χ0v) is 38.6. The molecule has 1 rings (SSSR count). The first-order chi connectivity index (χ1) is 28.5. The lowest BCUT2D eigenvalue weighted by Crippen LogP contribution is -2.25. The Kier molecular flexibility index (Phi) is 39.0. The molecule has 0 atom stereocenters. The Hall–Kier alpha value is -1.93. The summed E-state index contributed by atoms with van der Waals surface area (Å²) >= 11 is 0. The van der Waals surface area contributed by atoms with Gasteiger partial charge in [0.2, 0.25) is 0 Å². The fourth-order valence-corrected chi connectivity index (χ4v) is 7.99. The van der Waals surface area contributed by atoms with E-state index < -0.39 is 0 Å². The smallest absolute Gasteiger partial charge is 0.306 e. The van der Waals surface area contributed by atoms with E-state index in [9.17, 15) is 14.7 Å². The summed E-state index contributed by atoms with van der Waals surface area (Å²) in [7, 11) is 0. The van der Waals surface area contributed by atoms with Crippen LogP contribution in [0.25, 0.3) is 0 Å². The molecule has 0 aliphatic heterocycles. The summed E-state index contributed by atoms with van der Waals surface area (Å²) in [6.07, 6.45) is 45.0. The molecule has 0 amide bonds. The molecule has 0 fully saturated rings. The second-order valence-corrected chi connectivity index (χ2v) is 17.4. The van der Waals surface area contributed by atoms with Crippen molar-refractivity contribution in [2.24, 2.45) is 0 Å². The number of rotatable bonds is 45. The Morgan fingerprint density at radius 3 is 1.52 bits per heavy atom. The molecule has 1 N–H and O–H groups in total. The summed E-state index contributed by atoms with van der Waals surface area (Å²) in [5.74, 6) is -0.0159. The monoisotopic (exact) mass is 818 g/mol. The van der Waals surface area contributed by atoms with Gasteiger partial charge >= 0.3 is 11.9 Å². The van der Waals surface area contributed by atoms with E-state index in [0.29, 0.717) is 26.0 Å². The fraction of sp³-hybridized carbons (Fsp3) is 0.900. The number of aliphatic hydroxyl groups excluding tert-OH is 1. The number of hydrogen-bond donors (Lipinski definition) is 1. The maximum Gasteiger partial charge on any atom is 0.306 e. The largest absolute Gasteiger partial charge is 0.466 e. The number of hydrogen-bond acceptors (Lipinski definition) is 7. The molecule has 0 bridgehead atoms. The maximum absolute atomic E-state index is 12.8. The minimum absolute atomic E-state index is 0.0131. The van der Waals surface area contributed by atoms with Crippen molar-refractivity contribution in [3.8, 4) is 0 Å². The van der Waals surface area contributed by atoms with Crippen LogP contribution in [-0.4, -0.2) is 64.1 Å². The van der Waals surface area contributed by atoms with E-state index in [4.69, 9.17) is 9.47 Å². The van der Waals surface area contributed by atoms with Crippen LogP contribution in [0.15, 0.2) is 12.4 Å². The van der Waals surface area contributed by atoms with Crippen LogP contribution in [0.4, 0.5) is 0 Å². The third-order valence-electron chi connectivity index (χ3n) is 11.7. The Bertz CT molecular complexity index is 1020. The molecule has 0 aliphatic carbocycles. The van der Waals surface area contributed by atoms with Crippen molar-refractivity contribution >= 4 is 11.9 Å². The molecule has 340 valence electrons. The van der Waals surface area contributed by atoms with E-state index >= 15 is 0 Å². The third kappa shape index (κ3) is 34.9. The summed E-state index contributed by atoms with van der Waals surface area (Å²) in [6.45, 7) is 11.0. The van der Waals surface area contributed by atoms with Crippen LogP contribution in [0.2, 0.25) is 0 Å². The molecule has 0 aliphatic rings. The van der Waals surface area contributed by atoms with Gasteiger partial charge < -0.3 is 14.6 Å². The van der Waals surface area contributed by atoms with Gasteiger partial charge in [-0.25, -0.2) is 0 Å². The molecule has 0 saturated heterocycles. The fourth-order valence-electron chi connectivity index (χ4n) is 7.99.